The van der Waals surface area contributed by atoms with E-state index in [4.69, 9.17) is 11.1 Å². The summed E-state index contributed by atoms with van der Waals surface area (Å²) in [7, 11) is 0. The van der Waals surface area contributed by atoms with Crippen molar-refractivity contribution in [2.45, 2.75) is 32.1 Å². The van der Waals surface area contributed by atoms with Crippen molar-refractivity contribution in [1.82, 2.24) is 0 Å². The Morgan fingerprint density at radius 3 is 2.00 bits per heavy atom. The van der Waals surface area contributed by atoms with Crippen LogP contribution in [-0.2, 0) is 12.8 Å². The second-order valence-corrected chi connectivity index (χ2v) is 3.99. The average Bonchev–Trinajstić information content (AvgIpc) is 2.27. The van der Waals surface area contributed by atoms with Crippen LogP contribution in [0.15, 0.2) is 24.3 Å². The smallest absolute Gasteiger partial charge is 0.0905 e. The van der Waals surface area contributed by atoms with Crippen LogP contribution in [0.25, 0.3) is 0 Å². The molecule has 3 heteroatoms. The number of aryl methyl sites for hydroxylation is 2. The van der Waals surface area contributed by atoms with Crippen LogP contribution in [0.4, 0.5) is 4.39 Å². The van der Waals surface area contributed by atoms with Gasteiger partial charge in [0.2, 0.25) is 0 Å². The fraction of sp³-hybridized carbons (Fsp3) is 0.462. The first-order valence-corrected chi connectivity index (χ1v) is 5.69. The van der Waals surface area contributed by atoms with Crippen molar-refractivity contribution < 1.29 is 4.39 Å². The Hall–Kier alpha value is -1.38. The fourth-order valence-electron chi connectivity index (χ4n) is 1.63. The van der Waals surface area contributed by atoms with Crippen molar-refractivity contribution >= 4 is 5.84 Å². The monoisotopic (exact) mass is 221 g/mol. The summed E-state index contributed by atoms with van der Waals surface area (Å²) in [4.78, 5) is 0. The summed E-state index contributed by atoms with van der Waals surface area (Å²) in [6.45, 7) is -0.250. The molecule has 0 amide bonds. The van der Waals surface area contributed by atoms with Gasteiger partial charge in [0, 0.05) is 6.42 Å². The predicted octanol–water partition coefficient (Wildman–Crippen LogP) is 2.85. The summed E-state index contributed by atoms with van der Waals surface area (Å²) in [6.07, 6.45) is 3.93. The molecule has 1 aromatic carbocycles. The van der Waals surface area contributed by atoms with E-state index in [1.54, 1.807) is 0 Å². The maximum absolute atomic E-state index is 12.0. The third-order valence-corrected chi connectivity index (χ3v) is 2.53. The number of nitrogens with one attached hydrogen (secondary N) is 1. The Bertz CT molecular complexity index is 319. The van der Waals surface area contributed by atoms with Crippen molar-refractivity contribution in [3.05, 3.63) is 35.4 Å². The molecular formula is C13H19FN2. The molecule has 1 aromatic rings. The minimum Gasteiger partial charge on any atom is -0.388 e. The molecule has 0 aliphatic rings. The lowest BCUT2D eigenvalue weighted by molar-refractivity contribution is 0.473. The van der Waals surface area contributed by atoms with Gasteiger partial charge in [0.1, 0.15) is 0 Å². The highest BCUT2D eigenvalue weighted by Gasteiger charge is 1.96. The van der Waals surface area contributed by atoms with Crippen molar-refractivity contribution in [2.75, 3.05) is 6.67 Å². The van der Waals surface area contributed by atoms with Crippen LogP contribution >= 0.6 is 0 Å². The van der Waals surface area contributed by atoms with E-state index in [2.05, 4.69) is 24.3 Å². The summed E-state index contributed by atoms with van der Waals surface area (Å²) >= 11 is 0. The predicted molar refractivity (Wildman–Crippen MR) is 65.6 cm³/mol. The highest BCUT2D eigenvalue weighted by Crippen LogP contribution is 2.09. The fourth-order valence-corrected chi connectivity index (χ4v) is 1.63. The van der Waals surface area contributed by atoms with E-state index in [9.17, 15) is 4.39 Å². The van der Waals surface area contributed by atoms with E-state index in [1.807, 2.05) is 0 Å². The van der Waals surface area contributed by atoms with Crippen LogP contribution in [0.3, 0.4) is 0 Å². The van der Waals surface area contributed by atoms with Crippen LogP contribution in [0, 0.1) is 5.41 Å². The second kappa shape index (κ2) is 6.99. The largest absolute Gasteiger partial charge is 0.388 e. The van der Waals surface area contributed by atoms with E-state index in [1.165, 1.54) is 11.1 Å². The SMILES string of the molecule is N=C(N)CCCc1ccc(CCC[18F])cc1. The van der Waals surface area contributed by atoms with Gasteiger partial charge in [-0.05, 0) is 36.8 Å². The molecule has 0 bridgehead atoms. The highest BCUT2D eigenvalue weighted by molar-refractivity contribution is 5.76. The molecule has 0 saturated heterocycles. The van der Waals surface area contributed by atoms with Gasteiger partial charge in [0.25, 0.3) is 0 Å². The zero-order chi connectivity index (χ0) is 11.8. The Labute approximate surface area is 96.2 Å². The number of rotatable bonds is 7. The summed E-state index contributed by atoms with van der Waals surface area (Å²) in [5.41, 5.74) is 7.73. The highest BCUT2D eigenvalue weighted by atomic mass is 18.2. The molecule has 2 nitrogen and oxygen atoms in total. The maximum atomic E-state index is 12.0. The van der Waals surface area contributed by atoms with E-state index >= 15 is 0 Å². The Kier molecular flexibility index (Phi) is 5.54. The van der Waals surface area contributed by atoms with Crippen LogP contribution in [0.5, 0.6) is 0 Å². The molecule has 0 unspecified atom stereocenters. The Balaban J connectivity index is 2.36. The molecule has 16 heavy (non-hydrogen) atoms. The topological polar surface area (TPSA) is 49.9 Å². The normalized spacial score (nSPS) is 10.3. The first-order chi connectivity index (χ1) is 7.72. The van der Waals surface area contributed by atoms with E-state index in [0.29, 0.717) is 12.8 Å². The lowest BCUT2D eigenvalue weighted by Gasteiger charge is -2.03. The number of benzene rings is 1. The van der Waals surface area contributed by atoms with Gasteiger partial charge in [-0.2, -0.15) is 0 Å². The molecular weight excluding hydrogens is 202 g/mol. The van der Waals surface area contributed by atoms with E-state index in [-0.39, 0.29) is 12.5 Å². The van der Waals surface area contributed by atoms with Crippen molar-refractivity contribution in [2.24, 2.45) is 5.73 Å². The first kappa shape index (κ1) is 12.7. The van der Waals surface area contributed by atoms with Crippen molar-refractivity contribution in [1.29, 1.82) is 5.41 Å². The van der Waals surface area contributed by atoms with Crippen LogP contribution < -0.4 is 5.73 Å². The Morgan fingerprint density at radius 2 is 1.56 bits per heavy atom. The van der Waals surface area contributed by atoms with Crippen LogP contribution in [0.1, 0.15) is 30.4 Å². The van der Waals surface area contributed by atoms with Crippen LogP contribution in [-0.4, -0.2) is 12.5 Å². The number of amidine groups is 1. The van der Waals surface area contributed by atoms with Gasteiger partial charge in [-0.25, -0.2) is 0 Å². The molecule has 0 spiro atoms. The molecule has 3 N–H and O–H groups in total. The summed E-state index contributed by atoms with van der Waals surface area (Å²) in [6, 6.07) is 8.26. The van der Waals surface area contributed by atoms with Crippen LogP contribution in [0.2, 0.25) is 0 Å². The average molecular weight is 221 g/mol. The number of alkyl halides is 1. The summed E-state index contributed by atoms with van der Waals surface area (Å²) in [5, 5.41) is 7.11. The molecule has 0 atom stereocenters. The molecule has 0 saturated carbocycles. The molecule has 88 valence electrons. The molecule has 0 aromatic heterocycles. The van der Waals surface area contributed by atoms with E-state index < -0.39 is 0 Å². The second-order valence-electron chi connectivity index (χ2n) is 3.99. The first-order valence-electron chi connectivity index (χ1n) is 5.69. The van der Waals surface area contributed by atoms with Gasteiger partial charge in [0.05, 0.1) is 12.5 Å². The molecule has 1 rings (SSSR count). The zero-order valence-electron chi connectivity index (χ0n) is 9.51. The molecule has 0 aliphatic carbocycles. The quantitative estimate of drug-likeness (QED) is 0.540. The van der Waals surface area contributed by atoms with E-state index in [0.717, 1.165) is 19.3 Å². The van der Waals surface area contributed by atoms with Gasteiger partial charge in [-0.15, -0.1) is 0 Å². The molecule has 0 heterocycles. The van der Waals surface area contributed by atoms with Gasteiger partial charge in [-0.3, -0.25) is 9.80 Å². The van der Waals surface area contributed by atoms with Gasteiger partial charge in [0.15, 0.2) is 0 Å². The summed E-state index contributed by atoms with van der Waals surface area (Å²) in [5.74, 6) is 0.250. The van der Waals surface area contributed by atoms with Crippen molar-refractivity contribution in [3.63, 3.8) is 0 Å². The third-order valence-electron chi connectivity index (χ3n) is 2.53. The zero-order valence-corrected chi connectivity index (χ0v) is 9.51. The number of nitrogens with two attached hydrogens (primary N) is 1. The minimum atomic E-state index is -0.250. The lowest BCUT2D eigenvalue weighted by Crippen LogP contribution is -2.09. The van der Waals surface area contributed by atoms with Crippen molar-refractivity contribution in [3.8, 4) is 0 Å². The van der Waals surface area contributed by atoms with Gasteiger partial charge in [-0.1, -0.05) is 24.3 Å². The number of hydrogen-bond donors (Lipinski definition) is 2. The minimum absolute atomic E-state index is 0.250. The van der Waals surface area contributed by atoms with Gasteiger partial charge >= 0.3 is 0 Å². The van der Waals surface area contributed by atoms with Gasteiger partial charge < -0.3 is 5.73 Å². The number of hydrogen-bond acceptors (Lipinski definition) is 1. The molecule has 0 fully saturated rings. The Morgan fingerprint density at radius 1 is 1.06 bits per heavy atom. The lowest BCUT2D eigenvalue weighted by atomic mass is 10.0. The maximum Gasteiger partial charge on any atom is 0.0905 e. The summed E-state index contributed by atoms with van der Waals surface area (Å²) < 4.78 is 12.0. The third kappa shape index (κ3) is 4.91. The molecule has 0 aliphatic heterocycles. The number of halogens is 1. The molecule has 0 radical (unpaired) electrons. The standard InChI is InChI=1S/C13H19FN2/c14-10-2-4-12-8-6-11(7-9-12)3-1-5-13(15)16/h6-9H,1-5,10H2,(H3,15,16)/i14-1.